The Kier molecular flexibility index (Phi) is 2.69. The third-order valence-electron chi connectivity index (χ3n) is 2.48. The van der Waals surface area contributed by atoms with Crippen LogP contribution >= 0.6 is 0 Å². The molecule has 2 heteroatoms. The highest BCUT2D eigenvalue weighted by Crippen LogP contribution is 2.24. The predicted molar refractivity (Wildman–Crippen MR) is 41.9 cm³/mol. The van der Waals surface area contributed by atoms with Gasteiger partial charge in [-0.1, -0.05) is 13.8 Å². The van der Waals surface area contributed by atoms with E-state index in [4.69, 9.17) is 0 Å². The molecular formula is C8H17NO. The average molecular weight is 143 g/mol. The Labute approximate surface area is 62.8 Å². The summed E-state index contributed by atoms with van der Waals surface area (Å²) in [6, 6.07) is 0.468. The predicted octanol–water partition coefficient (Wildman–Crippen LogP) is 0.851. The van der Waals surface area contributed by atoms with Crippen LogP contribution in [0.15, 0.2) is 0 Å². The molecule has 0 heterocycles. The second-order valence-electron chi connectivity index (χ2n) is 2.93. The molecule has 0 radical (unpaired) electrons. The van der Waals surface area contributed by atoms with Crippen LogP contribution in [0, 0.1) is 0 Å². The Morgan fingerprint density at radius 2 is 1.90 bits per heavy atom. The summed E-state index contributed by atoms with van der Waals surface area (Å²) >= 11 is 0. The van der Waals surface area contributed by atoms with Gasteiger partial charge in [0.2, 0.25) is 0 Å². The number of likely N-dealkylation sites (N-methyl/N-ethyl adjacent to an activating group) is 1. The summed E-state index contributed by atoms with van der Waals surface area (Å²) < 4.78 is 0. The summed E-state index contributed by atoms with van der Waals surface area (Å²) in [6.45, 7) is 6.43. The summed E-state index contributed by atoms with van der Waals surface area (Å²) in [7, 11) is 0. The monoisotopic (exact) mass is 143 g/mol. The topological polar surface area (TPSA) is 23.5 Å². The van der Waals surface area contributed by atoms with Crippen molar-refractivity contribution in [3.8, 4) is 0 Å². The first-order chi connectivity index (χ1) is 4.79. The van der Waals surface area contributed by atoms with Crippen LogP contribution in [0.25, 0.3) is 0 Å². The van der Waals surface area contributed by atoms with Crippen molar-refractivity contribution < 1.29 is 5.11 Å². The van der Waals surface area contributed by atoms with Crippen LogP contribution in [0.5, 0.6) is 0 Å². The zero-order valence-corrected chi connectivity index (χ0v) is 6.88. The lowest BCUT2D eigenvalue weighted by Gasteiger charge is -2.40. The van der Waals surface area contributed by atoms with E-state index in [-0.39, 0.29) is 6.10 Å². The van der Waals surface area contributed by atoms with E-state index in [2.05, 4.69) is 18.7 Å². The highest BCUT2D eigenvalue weighted by Gasteiger charge is 2.32. The molecule has 0 bridgehead atoms. The van der Waals surface area contributed by atoms with Crippen molar-refractivity contribution in [1.82, 2.24) is 4.90 Å². The van der Waals surface area contributed by atoms with Gasteiger partial charge in [0, 0.05) is 6.04 Å². The minimum atomic E-state index is -0.0418. The Bertz CT molecular complexity index is 98.7. The first-order valence-corrected chi connectivity index (χ1v) is 4.21. The first kappa shape index (κ1) is 8.02. The van der Waals surface area contributed by atoms with E-state index in [0.29, 0.717) is 6.04 Å². The molecule has 1 fully saturated rings. The summed E-state index contributed by atoms with van der Waals surface area (Å²) in [5, 5.41) is 9.30. The molecule has 0 saturated heterocycles. The van der Waals surface area contributed by atoms with Gasteiger partial charge in [-0.3, -0.25) is 4.90 Å². The number of hydrogen-bond acceptors (Lipinski definition) is 2. The van der Waals surface area contributed by atoms with Crippen molar-refractivity contribution in [3.63, 3.8) is 0 Å². The minimum absolute atomic E-state index is 0.0418. The molecule has 1 rings (SSSR count). The van der Waals surface area contributed by atoms with Gasteiger partial charge in [0.15, 0.2) is 0 Å². The largest absolute Gasteiger partial charge is 0.391 e. The van der Waals surface area contributed by atoms with E-state index in [1.165, 1.54) is 6.42 Å². The Morgan fingerprint density at radius 1 is 1.30 bits per heavy atom. The average Bonchev–Trinajstić information content (AvgIpc) is 1.96. The van der Waals surface area contributed by atoms with E-state index in [1.807, 2.05) is 0 Å². The van der Waals surface area contributed by atoms with E-state index >= 15 is 0 Å². The summed E-state index contributed by atoms with van der Waals surface area (Å²) in [5.74, 6) is 0. The number of aliphatic hydroxyl groups is 1. The van der Waals surface area contributed by atoms with Gasteiger partial charge in [0.25, 0.3) is 0 Å². The molecule has 0 spiro atoms. The molecule has 1 aliphatic rings. The van der Waals surface area contributed by atoms with Gasteiger partial charge >= 0.3 is 0 Å². The van der Waals surface area contributed by atoms with E-state index in [9.17, 15) is 5.11 Å². The zero-order valence-electron chi connectivity index (χ0n) is 6.88. The molecule has 2 atom stereocenters. The molecule has 0 aromatic heterocycles. The molecule has 0 aliphatic heterocycles. The van der Waals surface area contributed by atoms with Gasteiger partial charge in [-0.15, -0.1) is 0 Å². The van der Waals surface area contributed by atoms with Crippen molar-refractivity contribution in [2.24, 2.45) is 0 Å². The van der Waals surface area contributed by atoms with Crippen LogP contribution in [0.2, 0.25) is 0 Å². The lowest BCUT2D eigenvalue weighted by Crippen LogP contribution is -2.50. The van der Waals surface area contributed by atoms with Crippen molar-refractivity contribution in [3.05, 3.63) is 0 Å². The first-order valence-electron chi connectivity index (χ1n) is 4.21. The Morgan fingerprint density at radius 3 is 2.00 bits per heavy atom. The molecule has 0 aromatic carbocycles. The van der Waals surface area contributed by atoms with Crippen molar-refractivity contribution >= 4 is 0 Å². The van der Waals surface area contributed by atoms with E-state index < -0.39 is 0 Å². The van der Waals surface area contributed by atoms with Gasteiger partial charge < -0.3 is 5.11 Å². The number of aliphatic hydroxyl groups excluding tert-OH is 1. The maximum atomic E-state index is 9.30. The fourth-order valence-corrected chi connectivity index (χ4v) is 1.58. The molecule has 1 N–H and O–H groups in total. The third kappa shape index (κ3) is 1.32. The molecule has 0 unspecified atom stereocenters. The van der Waals surface area contributed by atoms with Gasteiger partial charge in [-0.2, -0.15) is 0 Å². The van der Waals surface area contributed by atoms with E-state index in [1.54, 1.807) is 0 Å². The van der Waals surface area contributed by atoms with Crippen LogP contribution in [0.4, 0.5) is 0 Å². The van der Waals surface area contributed by atoms with Crippen molar-refractivity contribution in [2.75, 3.05) is 13.1 Å². The van der Waals surface area contributed by atoms with Gasteiger partial charge in [0.05, 0.1) is 6.10 Å². The van der Waals surface area contributed by atoms with Gasteiger partial charge in [-0.25, -0.2) is 0 Å². The molecule has 10 heavy (non-hydrogen) atoms. The summed E-state index contributed by atoms with van der Waals surface area (Å²) in [6.07, 6.45) is 2.14. The van der Waals surface area contributed by atoms with Crippen LogP contribution in [-0.2, 0) is 0 Å². The Balaban J connectivity index is 2.31. The molecule has 1 saturated carbocycles. The highest BCUT2D eigenvalue weighted by atomic mass is 16.3. The number of rotatable bonds is 3. The zero-order chi connectivity index (χ0) is 7.56. The second kappa shape index (κ2) is 3.35. The van der Waals surface area contributed by atoms with Crippen molar-refractivity contribution in [1.29, 1.82) is 0 Å². The van der Waals surface area contributed by atoms with Crippen LogP contribution in [0.1, 0.15) is 26.7 Å². The van der Waals surface area contributed by atoms with Gasteiger partial charge in [0.1, 0.15) is 0 Å². The SMILES string of the molecule is CCN(CC)[C@@H]1CC[C@H]1O. The summed E-state index contributed by atoms with van der Waals surface area (Å²) in [5.41, 5.74) is 0. The number of nitrogens with zero attached hydrogens (tertiary/aromatic N) is 1. The van der Waals surface area contributed by atoms with Crippen LogP contribution in [-0.4, -0.2) is 35.2 Å². The smallest absolute Gasteiger partial charge is 0.0696 e. The fourth-order valence-electron chi connectivity index (χ4n) is 1.58. The van der Waals surface area contributed by atoms with E-state index in [0.717, 1.165) is 19.5 Å². The molecular weight excluding hydrogens is 126 g/mol. The van der Waals surface area contributed by atoms with Crippen LogP contribution < -0.4 is 0 Å². The molecule has 2 nitrogen and oxygen atoms in total. The van der Waals surface area contributed by atoms with Crippen molar-refractivity contribution in [2.45, 2.75) is 38.8 Å². The second-order valence-corrected chi connectivity index (χ2v) is 2.93. The maximum Gasteiger partial charge on any atom is 0.0696 e. The Hall–Kier alpha value is -0.0800. The fraction of sp³-hybridized carbons (Fsp3) is 1.00. The minimum Gasteiger partial charge on any atom is -0.391 e. The molecule has 0 amide bonds. The highest BCUT2D eigenvalue weighted by molar-refractivity contribution is 4.87. The molecule has 1 aliphatic carbocycles. The maximum absolute atomic E-state index is 9.30. The van der Waals surface area contributed by atoms with Gasteiger partial charge in [-0.05, 0) is 25.9 Å². The lowest BCUT2D eigenvalue weighted by atomic mass is 9.88. The standard InChI is InChI=1S/C8H17NO/c1-3-9(4-2)7-5-6-8(7)10/h7-8,10H,3-6H2,1-2H3/t7-,8-/m1/s1. The normalized spacial score (nSPS) is 32.4. The summed E-state index contributed by atoms with van der Waals surface area (Å²) in [4.78, 5) is 2.33. The lowest BCUT2D eigenvalue weighted by molar-refractivity contribution is -0.0167. The molecule has 0 aromatic rings. The molecule has 60 valence electrons. The van der Waals surface area contributed by atoms with Crippen LogP contribution in [0.3, 0.4) is 0 Å². The number of hydrogen-bond donors (Lipinski definition) is 1. The quantitative estimate of drug-likeness (QED) is 0.633. The third-order valence-corrected chi connectivity index (χ3v) is 2.48.